The van der Waals surface area contributed by atoms with Crippen LogP contribution in [-0.2, 0) is 23.1 Å². The first-order valence-corrected chi connectivity index (χ1v) is 14.4. The molecule has 8 heteroatoms. The molecule has 1 heterocycles. The van der Waals surface area contributed by atoms with Crippen LogP contribution in [0.15, 0.2) is 114 Å². The van der Waals surface area contributed by atoms with E-state index < -0.39 is 10.0 Å². The highest BCUT2D eigenvalue weighted by Crippen LogP contribution is 2.32. The van der Waals surface area contributed by atoms with Crippen molar-refractivity contribution in [2.24, 2.45) is 0 Å². The third-order valence-electron chi connectivity index (χ3n) is 6.82. The Labute approximate surface area is 230 Å². The number of aromatic amines is 1. The minimum atomic E-state index is -3.84. The summed E-state index contributed by atoms with van der Waals surface area (Å²) in [6, 6.07) is 31.1. The Hall–Kier alpha value is -4.14. The molecule has 200 valence electrons. The maximum absolute atomic E-state index is 14.4. The van der Waals surface area contributed by atoms with Crippen LogP contribution in [0.1, 0.15) is 11.3 Å². The van der Waals surface area contributed by atoms with E-state index >= 15 is 0 Å². The lowest BCUT2D eigenvalue weighted by Gasteiger charge is -2.29. The van der Waals surface area contributed by atoms with Crippen LogP contribution in [0, 0.1) is 0 Å². The number of hydrogen-bond acceptors (Lipinski definition) is 5. The SMILES string of the molecule is CN(C)c1cccc2c(S(=O)(=O)N(CCN(Cc3cnc[nH]3)c3ccccc3)Cc3ccccc3)cccc12. The lowest BCUT2D eigenvalue weighted by atomic mass is 10.1. The van der Waals surface area contributed by atoms with E-state index in [1.807, 2.05) is 110 Å². The molecule has 0 spiro atoms. The maximum atomic E-state index is 14.4. The number of rotatable bonds is 11. The Kier molecular flexibility index (Phi) is 7.95. The number of nitrogens with zero attached hydrogens (tertiary/aromatic N) is 4. The predicted octanol–water partition coefficient (Wildman–Crippen LogP) is 5.53. The second kappa shape index (κ2) is 11.7. The van der Waals surface area contributed by atoms with Crippen LogP contribution in [0.3, 0.4) is 0 Å². The molecule has 0 bridgehead atoms. The van der Waals surface area contributed by atoms with Crippen molar-refractivity contribution in [3.8, 4) is 0 Å². The van der Waals surface area contributed by atoms with Gasteiger partial charge in [-0.15, -0.1) is 0 Å². The summed E-state index contributed by atoms with van der Waals surface area (Å²) in [5, 5.41) is 1.63. The molecule has 0 unspecified atom stereocenters. The molecular weight excluding hydrogens is 506 g/mol. The first kappa shape index (κ1) is 26.5. The number of H-pyrrole nitrogens is 1. The fourth-order valence-electron chi connectivity index (χ4n) is 4.84. The molecule has 0 saturated heterocycles. The van der Waals surface area contributed by atoms with E-state index in [1.165, 1.54) is 0 Å². The Morgan fingerprint density at radius 1 is 0.744 bits per heavy atom. The van der Waals surface area contributed by atoms with E-state index in [2.05, 4.69) is 14.9 Å². The van der Waals surface area contributed by atoms with Crippen LogP contribution in [-0.4, -0.2) is 49.9 Å². The highest BCUT2D eigenvalue weighted by atomic mass is 32.2. The number of sulfonamides is 1. The molecule has 5 aromatic rings. The molecule has 0 aliphatic carbocycles. The van der Waals surface area contributed by atoms with Gasteiger partial charge in [-0.05, 0) is 29.8 Å². The number of para-hydroxylation sites is 1. The van der Waals surface area contributed by atoms with Crippen LogP contribution in [0.25, 0.3) is 10.8 Å². The summed E-state index contributed by atoms with van der Waals surface area (Å²) in [4.78, 5) is 11.8. The minimum Gasteiger partial charge on any atom is -0.377 e. The molecule has 0 amide bonds. The lowest BCUT2D eigenvalue weighted by molar-refractivity contribution is 0.409. The Bertz CT molecular complexity index is 1610. The van der Waals surface area contributed by atoms with E-state index in [0.29, 0.717) is 24.5 Å². The molecule has 0 radical (unpaired) electrons. The van der Waals surface area contributed by atoms with Gasteiger partial charge in [0.05, 0.1) is 23.5 Å². The first-order chi connectivity index (χ1) is 18.9. The van der Waals surface area contributed by atoms with Gasteiger partial charge in [0.15, 0.2) is 0 Å². The van der Waals surface area contributed by atoms with Crippen molar-refractivity contribution in [1.29, 1.82) is 0 Å². The average molecular weight is 540 g/mol. The van der Waals surface area contributed by atoms with Crippen molar-refractivity contribution in [3.05, 3.63) is 121 Å². The van der Waals surface area contributed by atoms with Gasteiger partial charge in [0, 0.05) is 62.1 Å². The number of imidazole rings is 1. The number of fused-ring (bicyclic) bond motifs is 1. The van der Waals surface area contributed by atoms with Gasteiger partial charge in [-0.1, -0.05) is 72.8 Å². The van der Waals surface area contributed by atoms with Gasteiger partial charge in [0.1, 0.15) is 0 Å². The quantitative estimate of drug-likeness (QED) is 0.239. The van der Waals surface area contributed by atoms with E-state index in [-0.39, 0.29) is 6.54 Å². The Morgan fingerprint density at radius 2 is 1.44 bits per heavy atom. The van der Waals surface area contributed by atoms with Crippen LogP contribution >= 0.6 is 0 Å². The first-order valence-electron chi connectivity index (χ1n) is 12.9. The molecule has 0 saturated carbocycles. The molecule has 39 heavy (non-hydrogen) atoms. The molecule has 7 nitrogen and oxygen atoms in total. The fourth-order valence-corrected chi connectivity index (χ4v) is 6.46. The predicted molar refractivity (Wildman–Crippen MR) is 158 cm³/mol. The highest BCUT2D eigenvalue weighted by molar-refractivity contribution is 7.89. The van der Waals surface area contributed by atoms with Crippen molar-refractivity contribution in [2.75, 3.05) is 37.0 Å². The summed E-state index contributed by atoms with van der Waals surface area (Å²) in [7, 11) is 0.0953. The molecule has 0 aliphatic heterocycles. The third-order valence-corrected chi connectivity index (χ3v) is 8.72. The number of hydrogen-bond donors (Lipinski definition) is 1. The second-order valence-electron chi connectivity index (χ2n) is 9.68. The average Bonchev–Trinajstić information content (AvgIpc) is 3.48. The van der Waals surface area contributed by atoms with E-state index in [0.717, 1.165) is 33.4 Å². The van der Waals surface area contributed by atoms with Gasteiger partial charge in [0.25, 0.3) is 0 Å². The summed E-state index contributed by atoms with van der Waals surface area (Å²) in [5.41, 5.74) is 3.90. The van der Waals surface area contributed by atoms with Gasteiger partial charge in [-0.3, -0.25) is 0 Å². The summed E-state index contributed by atoms with van der Waals surface area (Å²) >= 11 is 0. The largest absolute Gasteiger partial charge is 0.377 e. The van der Waals surface area contributed by atoms with Crippen LogP contribution in [0.4, 0.5) is 11.4 Å². The van der Waals surface area contributed by atoms with Gasteiger partial charge in [0.2, 0.25) is 10.0 Å². The van der Waals surface area contributed by atoms with Gasteiger partial charge in [-0.2, -0.15) is 4.31 Å². The second-order valence-corrected chi connectivity index (χ2v) is 11.6. The summed E-state index contributed by atoms with van der Waals surface area (Å²) < 4.78 is 30.4. The van der Waals surface area contributed by atoms with Crippen molar-refractivity contribution >= 4 is 32.2 Å². The van der Waals surface area contributed by atoms with Gasteiger partial charge >= 0.3 is 0 Å². The van der Waals surface area contributed by atoms with E-state index in [9.17, 15) is 8.42 Å². The van der Waals surface area contributed by atoms with Crippen molar-refractivity contribution in [2.45, 2.75) is 18.0 Å². The zero-order chi connectivity index (χ0) is 27.2. The standard InChI is InChI=1S/C31H33N5O2S/c1-34(2)30-17-9-16-29-28(30)15-10-18-31(29)39(37,38)36(22-25-11-5-3-6-12-25)20-19-35(23-26-21-32-24-33-26)27-13-7-4-8-14-27/h3-18,21,24H,19-20,22-23H2,1-2H3,(H,32,33). The van der Waals surface area contributed by atoms with Crippen LogP contribution in [0.2, 0.25) is 0 Å². The maximum Gasteiger partial charge on any atom is 0.244 e. The van der Waals surface area contributed by atoms with E-state index in [4.69, 9.17) is 0 Å². The third kappa shape index (κ3) is 5.97. The summed E-state index contributed by atoms with van der Waals surface area (Å²) in [6.45, 7) is 1.68. The van der Waals surface area contributed by atoms with Crippen molar-refractivity contribution < 1.29 is 8.42 Å². The number of anilines is 2. The van der Waals surface area contributed by atoms with E-state index in [1.54, 1.807) is 22.9 Å². The van der Waals surface area contributed by atoms with Crippen LogP contribution < -0.4 is 9.80 Å². The molecule has 1 N–H and O–H groups in total. The zero-order valence-corrected chi connectivity index (χ0v) is 23.1. The molecule has 0 atom stereocenters. The van der Waals surface area contributed by atoms with Crippen molar-refractivity contribution in [3.63, 3.8) is 0 Å². The number of aromatic nitrogens is 2. The normalized spacial score (nSPS) is 11.7. The monoisotopic (exact) mass is 539 g/mol. The fraction of sp³-hybridized carbons (Fsp3) is 0.194. The Morgan fingerprint density at radius 3 is 2.13 bits per heavy atom. The topological polar surface area (TPSA) is 72.5 Å². The molecule has 4 aromatic carbocycles. The summed E-state index contributed by atoms with van der Waals surface area (Å²) in [5.74, 6) is 0. The Balaban J connectivity index is 1.52. The lowest BCUT2D eigenvalue weighted by Crippen LogP contribution is -2.38. The molecular formula is C31H33N5O2S. The zero-order valence-electron chi connectivity index (χ0n) is 22.2. The van der Waals surface area contributed by atoms with Crippen molar-refractivity contribution in [1.82, 2.24) is 14.3 Å². The summed E-state index contributed by atoms with van der Waals surface area (Å²) in [6.07, 6.45) is 3.46. The van der Waals surface area contributed by atoms with Gasteiger partial charge in [-0.25, -0.2) is 13.4 Å². The molecule has 0 fully saturated rings. The smallest absolute Gasteiger partial charge is 0.244 e. The molecule has 1 aromatic heterocycles. The van der Waals surface area contributed by atoms with Crippen LogP contribution in [0.5, 0.6) is 0 Å². The minimum absolute atomic E-state index is 0.277. The number of benzene rings is 4. The molecule has 5 rings (SSSR count). The highest BCUT2D eigenvalue weighted by Gasteiger charge is 2.27. The van der Waals surface area contributed by atoms with Gasteiger partial charge < -0.3 is 14.8 Å². The molecule has 0 aliphatic rings. The number of nitrogens with one attached hydrogen (secondary N) is 1.